The van der Waals surface area contributed by atoms with E-state index in [4.69, 9.17) is 0 Å². The molecule has 0 radical (unpaired) electrons. The van der Waals surface area contributed by atoms with Gasteiger partial charge in [0.2, 0.25) is 10.0 Å². The van der Waals surface area contributed by atoms with E-state index < -0.39 is 10.0 Å². The maximum absolute atomic E-state index is 12.4. The minimum Gasteiger partial charge on any atom is -0.383 e. The van der Waals surface area contributed by atoms with E-state index in [2.05, 4.69) is 28.8 Å². The van der Waals surface area contributed by atoms with Crippen molar-refractivity contribution in [1.29, 1.82) is 0 Å². The second kappa shape index (κ2) is 7.24. The molecule has 0 saturated heterocycles. The number of likely N-dealkylation sites (N-methyl/N-ethyl adjacent to an activating group) is 1. The number of hydrogen-bond acceptors (Lipinski definition) is 4. The van der Waals surface area contributed by atoms with Crippen molar-refractivity contribution >= 4 is 15.7 Å². The zero-order chi connectivity index (χ0) is 15.3. The highest BCUT2D eigenvalue weighted by atomic mass is 32.2. The molecule has 5 nitrogen and oxygen atoms in total. The molecule has 21 heavy (non-hydrogen) atoms. The lowest BCUT2D eigenvalue weighted by Gasteiger charge is -2.19. The normalized spacial score (nSPS) is 15.4. The maximum Gasteiger partial charge on any atom is 0.242 e. The van der Waals surface area contributed by atoms with Gasteiger partial charge in [0, 0.05) is 19.1 Å². The highest BCUT2D eigenvalue weighted by Gasteiger charge is 2.29. The van der Waals surface area contributed by atoms with Crippen LogP contribution in [0.1, 0.15) is 26.7 Å². The SMILES string of the molecule is CCN(CC)CCNc1ccccc1S(=O)(=O)NC1CC1. The molecule has 0 amide bonds. The van der Waals surface area contributed by atoms with Crippen LogP contribution in [0.2, 0.25) is 0 Å². The smallest absolute Gasteiger partial charge is 0.242 e. The number of nitrogens with one attached hydrogen (secondary N) is 2. The lowest BCUT2D eigenvalue weighted by molar-refractivity contribution is 0.316. The van der Waals surface area contributed by atoms with E-state index in [1.165, 1.54) is 0 Å². The molecule has 6 heteroatoms. The van der Waals surface area contributed by atoms with Gasteiger partial charge in [-0.3, -0.25) is 0 Å². The fourth-order valence-corrected chi connectivity index (χ4v) is 3.71. The van der Waals surface area contributed by atoms with Crippen molar-refractivity contribution in [2.75, 3.05) is 31.5 Å². The van der Waals surface area contributed by atoms with Crippen molar-refractivity contribution in [3.05, 3.63) is 24.3 Å². The summed E-state index contributed by atoms with van der Waals surface area (Å²) in [6.45, 7) is 7.89. The van der Waals surface area contributed by atoms with Gasteiger partial charge in [0.1, 0.15) is 4.90 Å². The van der Waals surface area contributed by atoms with E-state index in [1.807, 2.05) is 12.1 Å². The van der Waals surface area contributed by atoms with E-state index in [1.54, 1.807) is 12.1 Å². The monoisotopic (exact) mass is 311 g/mol. The molecule has 1 fully saturated rings. The average Bonchev–Trinajstić information content (AvgIpc) is 3.27. The van der Waals surface area contributed by atoms with Gasteiger partial charge in [-0.05, 0) is 38.1 Å². The van der Waals surface area contributed by atoms with Crippen LogP contribution in [0.15, 0.2) is 29.2 Å². The number of rotatable bonds is 9. The van der Waals surface area contributed by atoms with Crippen molar-refractivity contribution in [3.8, 4) is 0 Å². The Kier molecular flexibility index (Phi) is 5.61. The summed E-state index contributed by atoms with van der Waals surface area (Å²) in [7, 11) is -3.42. The Labute approximate surface area is 127 Å². The second-order valence-corrected chi connectivity index (χ2v) is 7.03. The van der Waals surface area contributed by atoms with Gasteiger partial charge < -0.3 is 10.2 Å². The first-order chi connectivity index (χ1) is 10.1. The molecule has 2 rings (SSSR count). The summed E-state index contributed by atoms with van der Waals surface area (Å²) in [5, 5.41) is 3.25. The van der Waals surface area contributed by atoms with Gasteiger partial charge in [-0.15, -0.1) is 0 Å². The minimum absolute atomic E-state index is 0.124. The molecule has 1 aromatic rings. The molecule has 0 bridgehead atoms. The van der Waals surface area contributed by atoms with Crippen LogP contribution in [-0.4, -0.2) is 45.5 Å². The van der Waals surface area contributed by atoms with Gasteiger partial charge in [0.25, 0.3) is 0 Å². The molecule has 118 valence electrons. The standard InChI is InChI=1S/C15H25N3O2S/c1-3-18(4-2)12-11-16-14-7-5-6-8-15(14)21(19,20)17-13-9-10-13/h5-8,13,16-17H,3-4,9-12H2,1-2H3. The van der Waals surface area contributed by atoms with E-state index in [9.17, 15) is 8.42 Å². The topological polar surface area (TPSA) is 61.4 Å². The summed E-state index contributed by atoms with van der Waals surface area (Å²) in [4.78, 5) is 2.64. The zero-order valence-corrected chi connectivity index (χ0v) is 13.6. The summed E-state index contributed by atoms with van der Waals surface area (Å²) in [6, 6.07) is 7.22. The molecule has 0 aliphatic heterocycles. The summed E-state index contributed by atoms with van der Waals surface area (Å²) < 4.78 is 27.4. The largest absolute Gasteiger partial charge is 0.383 e. The van der Waals surface area contributed by atoms with Crippen molar-refractivity contribution in [2.24, 2.45) is 0 Å². The summed E-state index contributed by atoms with van der Waals surface area (Å²) in [6.07, 6.45) is 1.88. The van der Waals surface area contributed by atoms with Gasteiger partial charge in [-0.1, -0.05) is 26.0 Å². The highest BCUT2D eigenvalue weighted by Crippen LogP contribution is 2.25. The Balaban J connectivity index is 2.02. The fourth-order valence-electron chi connectivity index (χ4n) is 2.22. The van der Waals surface area contributed by atoms with Crippen molar-refractivity contribution in [1.82, 2.24) is 9.62 Å². The van der Waals surface area contributed by atoms with Crippen LogP contribution < -0.4 is 10.0 Å². The molecule has 0 aromatic heterocycles. The van der Waals surface area contributed by atoms with Crippen LogP contribution in [0.5, 0.6) is 0 Å². The third-order valence-electron chi connectivity index (χ3n) is 3.71. The summed E-state index contributed by atoms with van der Waals surface area (Å²) in [5.41, 5.74) is 0.679. The Bertz CT molecular complexity index is 552. The van der Waals surface area contributed by atoms with Gasteiger partial charge >= 0.3 is 0 Å². The zero-order valence-electron chi connectivity index (χ0n) is 12.8. The molecule has 2 N–H and O–H groups in total. The third-order valence-corrected chi connectivity index (χ3v) is 5.29. The Hall–Kier alpha value is -1.11. The lowest BCUT2D eigenvalue weighted by Crippen LogP contribution is -2.30. The molecule has 1 aliphatic carbocycles. The summed E-state index contributed by atoms with van der Waals surface area (Å²) >= 11 is 0. The van der Waals surface area contributed by atoms with Gasteiger partial charge in [-0.2, -0.15) is 0 Å². The quantitative estimate of drug-likeness (QED) is 0.731. The van der Waals surface area contributed by atoms with E-state index >= 15 is 0 Å². The van der Waals surface area contributed by atoms with E-state index in [0.29, 0.717) is 10.6 Å². The number of hydrogen-bond donors (Lipinski definition) is 2. The van der Waals surface area contributed by atoms with E-state index in [-0.39, 0.29) is 6.04 Å². The van der Waals surface area contributed by atoms with Crippen molar-refractivity contribution < 1.29 is 8.42 Å². The molecule has 0 heterocycles. The van der Waals surface area contributed by atoms with Crippen LogP contribution in [0.4, 0.5) is 5.69 Å². The predicted octanol–water partition coefficient (Wildman–Crippen LogP) is 1.88. The Morgan fingerprint density at radius 2 is 1.86 bits per heavy atom. The van der Waals surface area contributed by atoms with Crippen LogP contribution >= 0.6 is 0 Å². The summed E-state index contributed by atoms with van der Waals surface area (Å²) in [5.74, 6) is 0. The molecule has 0 spiro atoms. The number of anilines is 1. The van der Waals surface area contributed by atoms with Crippen LogP contribution in [0.3, 0.4) is 0 Å². The molecule has 1 saturated carbocycles. The van der Waals surface area contributed by atoms with Gasteiger partial charge in [0.05, 0.1) is 5.69 Å². The van der Waals surface area contributed by atoms with Crippen LogP contribution in [0, 0.1) is 0 Å². The Morgan fingerprint density at radius 3 is 2.48 bits per heavy atom. The Morgan fingerprint density at radius 1 is 1.19 bits per heavy atom. The van der Waals surface area contributed by atoms with Crippen molar-refractivity contribution in [2.45, 2.75) is 37.6 Å². The number of sulfonamides is 1. The molecule has 1 aliphatic rings. The molecular formula is C15H25N3O2S. The number of para-hydroxylation sites is 1. The van der Waals surface area contributed by atoms with Gasteiger partial charge in [0.15, 0.2) is 0 Å². The van der Waals surface area contributed by atoms with Gasteiger partial charge in [-0.25, -0.2) is 13.1 Å². The fraction of sp³-hybridized carbons (Fsp3) is 0.600. The molecule has 0 unspecified atom stereocenters. The third kappa shape index (κ3) is 4.69. The van der Waals surface area contributed by atoms with Crippen LogP contribution in [0.25, 0.3) is 0 Å². The molecule has 1 aromatic carbocycles. The lowest BCUT2D eigenvalue weighted by atomic mass is 10.3. The predicted molar refractivity (Wildman–Crippen MR) is 86.1 cm³/mol. The average molecular weight is 311 g/mol. The van der Waals surface area contributed by atoms with Crippen LogP contribution in [-0.2, 0) is 10.0 Å². The number of benzene rings is 1. The van der Waals surface area contributed by atoms with E-state index in [0.717, 1.165) is 39.0 Å². The second-order valence-electron chi connectivity index (χ2n) is 5.35. The minimum atomic E-state index is -3.42. The first-order valence-corrected chi connectivity index (χ1v) is 9.12. The first-order valence-electron chi connectivity index (χ1n) is 7.64. The molecule has 0 atom stereocenters. The number of nitrogens with zero attached hydrogens (tertiary/aromatic N) is 1. The highest BCUT2D eigenvalue weighted by molar-refractivity contribution is 7.89. The van der Waals surface area contributed by atoms with Crippen molar-refractivity contribution in [3.63, 3.8) is 0 Å². The molecular weight excluding hydrogens is 286 g/mol. The maximum atomic E-state index is 12.4. The first kappa shape index (κ1) is 16.3.